The third-order valence-corrected chi connectivity index (χ3v) is 8.54. The van der Waals surface area contributed by atoms with Gasteiger partial charge in [0.15, 0.2) is 17.2 Å². The van der Waals surface area contributed by atoms with Gasteiger partial charge in [-0.05, 0) is 74.1 Å². The normalized spacial score (nSPS) is 15.4. The number of aromatic nitrogens is 2. The van der Waals surface area contributed by atoms with E-state index in [9.17, 15) is 0 Å². The van der Waals surface area contributed by atoms with Crippen LogP contribution in [0.25, 0.3) is 0 Å². The number of likely N-dealkylation sites (N-methyl/N-ethyl adjacent to an activating group) is 1. The number of nitrogen functional groups attached to an aromatic ring is 1. The molecule has 1 aromatic heterocycles. The minimum absolute atomic E-state index is 0.446. The van der Waals surface area contributed by atoms with Gasteiger partial charge in [0.05, 0.1) is 20.2 Å². The van der Waals surface area contributed by atoms with Gasteiger partial charge in [-0.2, -0.15) is 0 Å². The summed E-state index contributed by atoms with van der Waals surface area (Å²) >= 11 is 0. The van der Waals surface area contributed by atoms with Crippen molar-refractivity contribution in [3.63, 3.8) is 0 Å². The maximum absolute atomic E-state index is 6.29. The molecule has 0 spiro atoms. The van der Waals surface area contributed by atoms with E-state index in [1.54, 1.807) is 7.11 Å². The summed E-state index contributed by atoms with van der Waals surface area (Å²) in [5.41, 5.74) is 17.8. The highest BCUT2D eigenvalue weighted by atomic mass is 16.5. The smallest absolute Gasteiger partial charge is 0.350 e. The Hall–Kier alpha value is -6.11. The maximum Gasteiger partial charge on any atom is 0.350 e. The summed E-state index contributed by atoms with van der Waals surface area (Å²) in [6.07, 6.45) is 1.89. The molecule has 0 saturated carbocycles. The van der Waals surface area contributed by atoms with Gasteiger partial charge in [0.2, 0.25) is 0 Å². The fourth-order valence-corrected chi connectivity index (χ4v) is 6.32. The van der Waals surface area contributed by atoms with Crippen LogP contribution in [0.15, 0.2) is 126 Å². The number of benzene rings is 4. The summed E-state index contributed by atoms with van der Waals surface area (Å²) < 4.78 is 11.6. The molecule has 2 heterocycles. The van der Waals surface area contributed by atoms with Crippen molar-refractivity contribution in [1.82, 2.24) is 20.1 Å². The molecule has 6 rings (SSSR count). The summed E-state index contributed by atoms with van der Waals surface area (Å²) in [6, 6.07) is 36.2. The Bertz CT molecular complexity index is 2040. The molecular formula is C41H49N10O2+. The largest absolute Gasteiger partial charge is 0.493 e. The van der Waals surface area contributed by atoms with Crippen LogP contribution < -0.4 is 41.9 Å². The fraction of sp³-hybridized carbons (Fsp3) is 0.244. The molecule has 4 aromatic carbocycles. The zero-order valence-electron chi connectivity index (χ0n) is 30.8. The minimum Gasteiger partial charge on any atom is -0.493 e. The Kier molecular flexibility index (Phi) is 11.7. The Balaban J connectivity index is 1.01. The number of hydrogen-bond donors (Lipinski definition) is 5. The highest BCUT2D eigenvalue weighted by Crippen LogP contribution is 2.26. The lowest BCUT2D eigenvalue weighted by atomic mass is 10.1. The molecule has 0 radical (unpaired) electrons. The van der Waals surface area contributed by atoms with Gasteiger partial charge >= 0.3 is 5.95 Å². The molecule has 5 aromatic rings. The number of aliphatic imine (C=N–C) groups is 1. The number of methoxy groups -OCH3 is 1. The first kappa shape index (κ1) is 36.7. The lowest BCUT2D eigenvalue weighted by Crippen LogP contribution is -2.46. The third kappa shape index (κ3) is 10.7. The van der Waals surface area contributed by atoms with Gasteiger partial charge in [-0.25, -0.2) is 9.98 Å². The monoisotopic (exact) mass is 713 g/mol. The van der Waals surface area contributed by atoms with Gasteiger partial charge in [0, 0.05) is 30.9 Å². The topological polar surface area (TPSA) is 152 Å². The van der Waals surface area contributed by atoms with E-state index in [0.29, 0.717) is 37.3 Å². The van der Waals surface area contributed by atoms with Gasteiger partial charge in [-0.15, -0.1) is 4.98 Å². The van der Waals surface area contributed by atoms with Crippen molar-refractivity contribution in [2.75, 3.05) is 44.1 Å². The molecule has 0 aliphatic carbocycles. The number of rotatable bonds is 16. The van der Waals surface area contributed by atoms with Gasteiger partial charge in [-0.3, -0.25) is 15.1 Å². The predicted octanol–water partition coefficient (Wildman–Crippen LogP) is 5.50. The number of nitrogens with zero attached hydrogens (tertiary/aromatic N) is 4. The first-order valence-electron chi connectivity index (χ1n) is 17.5. The van der Waals surface area contributed by atoms with Crippen LogP contribution in [0.4, 0.5) is 23.1 Å². The van der Waals surface area contributed by atoms with E-state index >= 15 is 0 Å². The third-order valence-electron chi connectivity index (χ3n) is 8.54. The van der Waals surface area contributed by atoms with Crippen LogP contribution in [0.5, 0.6) is 11.5 Å². The number of hydrogen-bond acceptors (Lipinski definition) is 11. The molecule has 12 heteroatoms. The Morgan fingerprint density at radius 3 is 2.28 bits per heavy atom. The Morgan fingerprint density at radius 2 is 1.49 bits per heavy atom. The first-order chi connectivity index (χ1) is 25.6. The predicted molar refractivity (Wildman–Crippen MR) is 212 cm³/mol. The SMILES string of the molecule is COc1ccccc1Nc1nc(CN(C)Cc2cccc(COc3ccc(NC4(C)C=C(N)NC(CN(C)Cc5ccccc5)=N4)cc3)c2)cc(N)[nH+]1. The van der Waals surface area contributed by atoms with Crippen LogP contribution in [-0.2, 0) is 26.2 Å². The molecule has 274 valence electrons. The second-order valence-electron chi connectivity index (χ2n) is 13.5. The van der Waals surface area contributed by atoms with E-state index in [1.807, 2.05) is 73.7 Å². The van der Waals surface area contributed by atoms with E-state index in [0.717, 1.165) is 53.1 Å². The highest BCUT2D eigenvalue weighted by Gasteiger charge is 2.26. The van der Waals surface area contributed by atoms with Gasteiger partial charge in [0.1, 0.15) is 35.4 Å². The number of nitrogens with one attached hydrogen (secondary N) is 4. The molecule has 0 amide bonds. The number of ether oxygens (including phenoxy) is 2. The van der Waals surface area contributed by atoms with Crippen molar-refractivity contribution in [2.24, 2.45) is 10.7 Å². The van der Waals surface area contributed by atoms with Crippen molar-refractivity contribution >= 4 is 29.0 Å². The summed E-state index contributed by atoms with van der Waals surface area (Å²) in [7, 11) is 5.77. The molecule has 0 saturated heterocycles. The molecule has 1 aliphatic heterocycles. The van der Waals surface area contributed by atoms with E-state index in [-0.39, 0.29) is 0 Å². The molecule has 8 N–H and O–H groups in total. The van der Waals surface area contributed by atoms with Crippen molar-refractivity contribution in [1.29, 1.82) is 0 Å². The fourth-order valence-electron chi connectivity index (χ4n) is 6.32. The van der Waals surface area contributed by atoms with Crippen LogP contribution in [-0.4, -0.2) is 54.0 Å². The van der Waals surface area contributed by atoms with Crippen LogP contribution in [0.3, 0.4) is 0 Å². The number of H-pyrrole nitrogens is 1. The molecule has 53 heavy (non-hydrogen) atoms. The van der Waals surface area contributed by atoms with Crippen LogP contribution in [0.1, 0.15) is 29.3 Å². The van der Waals surface area contributed by atoms with Crippen molar-refractivity contribution in [3.05, 3.63) is 143 Å². The minimum atomic E-state index is -0.703. The molecule has 12 nitrogen and oxygen atoms in total. The van der Waals surface area contributed by atoms with Crippen molar-refractivity contribution < 1.29 is 14.5 Å². The maximum atomic E-state index is 6.29. The number of para-hydroxylation sites is 2. The summed E-state index contributed by atoms with van der Waals surface area (Å²) in [4.78, 5) is 17.2. The van der Waals surface area contributed by atoms with Gasteiger partial charge in [0.25, 0.3) is 0 Å². The Morgan fingerprint density at radius 1 is 0.792 bits per heavy atom. The van der Waals surface area contributed by atoms with Gasteiger partial charge < -0.3 is 31.6 Å². The highest BCUT2D eigenvalue weighted by molar-refractivity contribution is 5.87. The summed E-state index contributed by atoms with van der Waals surface area (Å²) in [6.45, 7) is 5.23. The quantitative estimate of drug-likeness (QED) is 0.0886. The van der Waals surface area contributed by atoms with E-state index in [1.165, 1.54) is 11.1 Å². The molecule has 1 atom stereocenters. The molecule has 0 fully saturated rings. The van der Waals surface area contributed by atoms with Crippen LogP contribution >= 0.6 is 0 Å². The molecule has 0 bridgehead atoms. The molecule has 1 aliphatic rings. The van der Waals surface area contributed by atoms with E-state index < -0.39 is 5.66 Å². The Labute approximate surface area is 311 Å². The van der Waals surface area contributed by atoms with E-state index in [2.05, 4.69) is 93.4 Å². The van der Waals surface area contributed by atoms with Crippen LogP contribution in [0, 0.1) is 0 Å². The zero-order chi connectivity index (χ0) is 37.2. The van der Waals surface area contributed by atoms with Crippen molar-refractivity contribution in [2.45, 2.75) is 38.8 Å². The van der Waals surface area contributed by atoms with Crippen molar-refractivity contribution in [3.8, 4) is 11.5 Å². The zero-order valence-corrected chi connectivity index (χ0v) is 30.8. The number of nitrogens with two attached hydrogens (primary N) is 2. The van der Waals surface area contributed by atoms with Gasteiger partial charge in [-0.1, -0.05) is 66.7 Å². The summed E-state index contributed by atoms with van der Waals surface area (Å²) in [5.74, 6) is 3.93. The first-order valence-corrected chi connectivity index (χ1v) is 17.5. The lowest BCUT2D eigenvalue weighted by molar-refractivity contribution is -0.347. The molecule has 1 unspecified atom stereocenters. The molecular weight excluding hydrogens is 665 g/mol. The lowest BCUT2D eigenvalue weighted by Gasteiger charge is -2.31. The average Bonchev–Trinajstić information content (AvgIpc) is 3.11. The van der Waals surface area contributed by atoms with E-state index in [4.69, 9.17) is 30.9 Å². The number of anilines is 4. The standard InChI is InChI=1S/C41H48N10O2/c1-41(23-38(43)46-39(49-41)27-51(3)24-29-11-6-5-7-12-29)48-32-17-19-34(20-18-32)53-28-31-14-10-13-30(21-31)25-50(2)26-33-22-37(42)47-40(44-33)45-35-15-8-9-16-36(35)52-4/h5-23,48H,24-28,43H2,1-4H3,(H,46,49)(H3,42,44,45,47)/p+1. The summed E-state index contributed by atoms with van der Waals surface area (Å²) in [5, 5.41) is 10.0. The average molecular weight is 714 g/mol. The second kappa shape index (κ2) is 16.9. The number of aromatic amines is 1. The number of amidine groups is 1. The van der Waals surface area contributed by atoms with Crippen LogP contribution in [0.2, 0.25) is 0 Å². The second-order valence-corrected chi connectivity index (χ2v) is 13.5.